The Morgan fingerprint density at radius 3 is 2.30 bits per heavy atom. The molecule has 3 rings (SSSR count). The Bertz CT molecular complexity index is 990. The Hall–Kier alpha value is -2.20. The first-order valence-corrected chi connectivity index (χ1v) is 11.7. The van der Waals surface area contributed by atoms with Gasteiger partial charge in [-0.25, -0.2) is 8.42 Å². The van der Waals surface area contributed by atoms with Crippen molar-refractivity contribution in [2.75, 3.05) is 25.0 Å². The molecule has 30 heavy (non-hydrogen) atoms. The van der Waals surface area contributed by atoms with Gasteiger partial charge in [0.1, 0.15) is 5.75 Å². The van der Waals surface area contributed by atoms with E-state index in [1.807, 2.05) is 0 Å². The van der Waals surface area contributed by atoms with Crippen molar-refractivity contribution >= 4 is 50.5 Å². The smallest absolute Gasteiger partial charge is 0.264 e. The number of anilines is 1. The van der Waals surface area contributed by atoms with E-state index in [4.69, 9.17) is 28.6 Å². The molecule has 1 amide bonds. The molecule has 1 aliphatic heterocycles. The van der Waals surface area contributed by atoms with Crippen LogP contribution in [-0.4, -0.2) is 43.4 Å². The van der Waals surface area contributed by atoms with Gasteiger partial charge in [-0.2, -0.15) is 4.31 Å². The quantitative estimate of drug-likeness (QED) is 0.633. The number of nitrogens with zero attached hydrogens (tertiary/aromatic N) is 1. The van der Waals surface area contributed by atoms with Crippen molar-refractivity contribution in [2.24, 2.45) is 0 Å². The second-order valence-electron chi connectivity index (χ2n) is 6.73. The van der Waals surface area contributed by atoms with Gasteiger partial charge in [0.05, 0.1) is 4.90 Å². The van der Waals surface area contributed by atoms with E-state index in [2.05, 4.69) is 10.6 Å². The second-order valence-corrected chi connectivity index (χ2v) is 9.52. The number of rotatable bonds is 6. The molecule has 0 saturated carbocycles. The van der Waals surface area contributed by atoms with E-state index in [1.54, 1.807) is 36.4 Å². The summed E-state index contributed by atoms with van der Waals surface area (Å²) in [6.07, 6.45) is 2.83. The normalized spacial score (nSPS) is 14.7. The van der Waals surface area contributed by atoms with Crippen LogP contribution < -0.4 is 15.4 Å². The fourth-order valence-electron chi connectivity index (χ4n) is 2.97. The molecule has 0 bridgehead atoms. The summed E-state index contributed by atoms with van der Waals surface area (Å²) in [7, 11) is -3.48. The van der Waals surface area contributed by atoms with Crippen LogP contribution >= 0.6 is 23.8 Å². The summed E-state index contributed by atoms with van der Waals surface area (Å²) >= 11 is 10.9. The van der Waals surface area contributed by atoms with Crippen LogP contribution in [0.15, 0.2) is 53.4 Å². The highest BCUT2D eigenvalue weighted by Gasteiger charge is 2.25. The van der Waals surface area contributed by atoms with Crippen LogP contribution in [0.4, 0.5) is 5.69 Å². The van der Waals surface area contributed by atoms with Crippen molar-refractivity contribution in [1.82, 2.24) is 9.62 Å². The standard InChI is InChI=1S/C20H22ClN3O4S2/c21-15-4-8-17(9-5-15)28-14-19(25)23-20(29)22-16-6-10-18(11-7-16)30(26,27)24-12-2-1-3-13-24/h4-11H,1-3,12-14H2,(H2,22,23,25,29). The molecule has 1 fully saturated rings. The molecule has 0 unspecified atom stereocenters. The Labute approximate surface area is 186 Å². The van der Waals surface area contributed by atoms with Gasteiger partial charge in [0.15, 0.2) is 11.7 Å². The van der Waals surface area contributed by atoms with Gasteiger partial charge in [-0.3, -0.25) is 10.1 Å². The summed E-state index contributed by atoms with van der Waals surface area (Å²) in [5.74, 6) is 0.0886. The van der Waals surface area contributed by atoms with Crippen molar-refractivity contribution in [3.05, 3.63) is 53.6 Å². The van der Waals surface area contributed by atoms with E-state index < -0.39 is 15.9 Å². The number of carbonyl (C=O) groups excluding carboxylic acids is 1. The summed E-state index contributed by atoms with van der Waals surface area (Å²) < 4.78 is 32.2. The molecule has 0 spiro atoms. The van der Waals surface area contributed by atoms with E-state index >= 15 is 0 Å². The lowest BCUT2D eigenvalue weighted by Crippen LogP contribution is -2.37. The maximum absolute atomic E-state index is 12.7. The molecule has 2 aromatic rings. The molecule has 2 aromatic carbocycles. The number of nitrogens with one attached hydrogen (secondary N) is 2. The van der Waals surface area contributed by atoms with Gasteiger partial charge in [0.25, 0.3) is 5.91 Å². The van der Waals surface area contributed by atoms with Crippen molar-refractivity contribution < 1.29 is 17.9 Å². The maximum atomic E-state index is 12.7. The van der Waals surface area contributed by atoms with E-state index in [0.717, 1.165) is 19.3 Å². The van der Waals surface area contributed by atoms with Gasteiger partial charge < -0.3 is 10.1 Å². The number of ether oxygens (including phenoxy) is 1. The SMILES string of the molecule is O=C(COc1ccc(Cl)cc1)NC(=S)Nc1ccc(S(=O)(=O)N2CCCCC2)cc1. The molecule has 1 aliphatic rings. The van der Waals surface area contributed by atoms with Crippen molar-refractivity contribution in [3.63, 3.8) is 0 Å². The molecular weight excluding hydrogens is 446 g/mol. The lowest BCUT2D eigenvalue weighted by Gasteiger charge is -2.25. The second kappa shape index (κ2) is 10.2. The zero-order valence-electron chi connectivity index (χ0n) is 16.1. The Kier molecular flexibility index (Phi) is 7.65. The van der Waals surface area contributed by atoms with E-state index in [1.165, 1.54) is 16.4 Å². The number of hydrogen-bond donors (Lipinski definition) is 2. The molecule has 0 aliphatic carbocycles. The first-order valence-electron chi connectivity index (χ1n) is 9.44. The number of benzene rings is 2. The average molecular weight is 468 g/mol. The first-order chi connectivity index (χ1) is 14.3. The number of amides is 1. The molecular formula is C20H22ClN3O4S2. The molecule has 0 aromatic heterocycles. The highest BCUT2D eigenvalue weighted by molar-refractivity contribution is 7.89. The van der Waals surface area contributed by atoms with Gasteiger partial charge in [0.2, 0.25) is 10.0 Å². The third-order valence-corrected chi connectivity index (χ3v) is 6.87. The third-order valence-electron chi connectivity index (χ3n) is 4.50. The van der Waals surface area contributed by atoms with Gasteiger partial charge in [0, 0.05) is 23.8 Å². The number of sulfonamides is 1. The van der Waals surface area contributed by atoms with Crippen molar-refractivity contribution in [3.8, 4) is 5.75 Å². The summed E-state index contributed by atoms with van der Waals surface area (Å²) in [6.45, 7) is 0.892. The minimum absolute atomic E-state index is 0.0892. The highest BCUT2D eigenvalue weighted by Crippen LogP contribution is 2.22. The fraction of sp³-hybridized carbons (Fsp3) is 0.300. The number of thiocarbonyl (C=S) groups is 1. The largest absolute Gasteiger partial charge is 0.484 e. The number of piperidine rings is 1. The predicted molar refractivity (Wildman–Crippen MR) is 120 cm³/mol. The van der Waals surface area contributed by atoms with E-state index in [0.29, 0.717) is 29.5 Å². The number of hydrogen-bond acceptors (Lipinski definition) is 5. The molecule has 2 N–H and O–H groups in total. The van der Waals surface area contributed by atoms with Gasteiger partial charge in [-0.1, -0.05) is 18.0 Å². The zero-order valence-corrected chi connectivity index (χ0v) is 18.5. The molecule has 7 nitrogen and oxygen atoms in total. The van der Waals surface area contributed by atoms with Crippen LogP contribution in [0.2, 0.25) is 5.02 Å². The fourth-order valence-corrected chi connectivity index (χ4v) is 4.84. The lowest BCUT2D eigenvalue weighted by atomic mass is 10.2. The molecule has 10 heteroatoms. The predicted octanol–water partition coefficient (Wildman–Crippen LogP) is 3.41. The van der Waals surface area contributed by atoms with Gasteiger partial charge in [-0.15, -0.1) is 0 Å². The summed E-state index contributed by atoms with van der Waals surface area (Å²) in [4.78, 5) is 12.2. The van der Waals surface area contributed by atoms with Crippen LogP contribution in [0.1, 0.15) is 19.3 Å². The van der Waals surface area contributed by atoms with Crippen molar-refractivity contribution in [1.29, 1.82) is 0 Å². The minimum atomic E-state index is -3.48. The molecule has 160 valence electrons. The van der Waals surface area contributed by atoms with Gasteiger partial charge >= 0.3 is 0 Å². The summed E-state index contributed by atoms with van der Waals surface area (Å²) in [5, 5.41) is 6.03. The molecule has 1 saturated heterocycles. The van der Waals surface area contributed by atoms with E-state index in [-0.39, 0.29) is 16.6 Å². The average Bonchev–Trinajstić information content (AvgIpc) is 2.74. The maximum Gasteiger partial charge on any atom is 0.264 e. The van der Waals surface area contributed by atoms with E-state index in [9.17, 15) is 13.2 Å². The monoisotopic (exact) mass is 467 g/mol. The van der Waals surface area contributed by atoms with Crippen molar-refractivity contribution in [2.45, 2.75) is 24.2 Å². The third kappa shape index (κ3) is 6.15. The van der Waals surface area contributed by atoms with Gasteiger partial charge in [-0.05, 0) is 73.6 Å². The summed E-state index contributed by atoms with van der Waals surface area (Å²) in [5.41, 5.74) is 0.566. The van der Waals surface area contributed by atoms with Crippen LogP contribution in [-0.2, 0) is 14.8 Å². The summed E-state index contributed by atoms with van der Waals surface area (Å²) in [6, 6.07) is 12.9. The minimum Gasteiger partial charge on any atom is -0.484 e. The Morgan fingerprint density at radius 1 is 1.03 bits per heavy atom. The zero-order chi connectivity index (χ0) is 21.6. The highest BCUT2D eigenvalue weighted by atomic mass is 35.5. The van der Waals surface area contributed by atoms with Crippen LogP contribution in [0.3, 0.4) is 0 Å². The lowest BCUT2D eigenvalue weighted by molar-refractivity contribution is -0.121. The Balaban J connectivity index is 1.50. The van der Waals surface area contributed by atoms with Crippen LogP contribution in [0, 0.1) is 0 Å². The first kappa shape index (κ1) is 22.5. The number of halogens is 1. The topological polar surface area (TPSA) is 87.7 Å². The number of carbonyl (C=O) groups is 1. The van der Waals surface area contributed by atoms with Crippen LogP contribution in [0.25, 0.3) is 0 Å². The molecule has 1 heterocycles. The van der Waals surface area contributed by atoms with Crippen LogP contribution in [0.5, 0.6) is 5.75 Å². The molecule has 0 atom stereocenters. The Morgan fingerprint density at radius 2 is 1.67 bits per heavy atom. The molecule has 0 radical (unpaired) electrons.